The Labute approximate surface area is 154 Å². The number of methoxy groups -OCH3 is 1. The largest absolute Gasteiger partial charge is 0.497 e. The van der Waals surface area contributed by atoms with Crippen molar-refractivity contribution in [2.45, 2.75) is 12.8 Å². The quantitative estimate of drug-likeness (QED) is 0.630. The van der Waals surface area contributed by atoms with Crippen LogP contribution in [0.15, 0.2) is 84.9 Å². The summed E-state index contributed by atoms with van der Waals surface area (Å²) >= 11 is 0. The van der Waals surface area contributed by atoms with Gasteiger partial charge in [-0.2, -0.15) is 0 Å². The van der Waals surface area contributed by atoms with Crippen molar-refractivity contribution in [1.82, 2.24) is 0 Å². The van der Waals surface area contributed by atoms with Gasteiger partial charge < -0.3 is 9.64 Å². The summed E-state index contributed by atoms with van der Waals surface area (Å²) < 4.78 is 5.29. The van der Waals surface area contributed by atoms with E-state index < -0.39 is 0 Å². The standard InChI is InChI=1S/C23H23NO2/c1-26-22-14-8-11-20(17-22)15-16-24(21-12-6-3-7-13-21)23(25)18-19-9-4-2-5-10-19/h2-14,17H,15-16,18H2,1H3. The van der Waals surface area contributed by atoms with Gasteiger partial charge in [-0.25, -0.2) is 0 Å². The highest BCUT2D eigenvalue weighted by Gasteiger charge is 2.16. The summed E-state index contributed by atoms with van der Waals surface area (Å²) in [6.45, 7) is 0.628. The fraction of sp³-hybridized carbons (Fsp3) is 0.174. The molecule has 0 bridgehead atoms. The first-order valence-electron chi connectivity index (χ1n) is 8.78. The Hall–Kier alpha value is -3.07. The summed E-state index contributed by atoms with van der Waals surface area (Å²) in [6, 6.07) is 27.7. The van der Waals surface area contributed by atoms with Gasteiger partial charge in [0.15, 0.2) is 0 Å². The van der Waals surface area contributed by atoms with Gasteiger partial charge in [0, 0.05) is 12.2 Å². The molecule has 3 heteroatoms. The average molecular weight is 345 g/mol. The van der Waals surface area contributed by atoms with Crippen molar-refractivity contribution in [2.75, 3.05) is 18.6 Å². The van der Waals surface area contributed by atoms with E-state index in [4.69, 9.17) is 4.74 Å². The Kier molecular flexibility index (Phi) is 6.05. The van der Waals surface area contributed by atoms with Crippen LogP contribution in [0.2, 0.25) is 0 Å². The third-order valence-electron chi connectivity index (χ3n) is 4.33. The van der Waals surface area contributed by atoms with E-state index in [0.717, 1.165) is 29.0 Å². The van der Waals surface area contributed by atoms with Crippen LogP contribution in [0.25, 0.3) is 0 Å². The second kappa shape index (κ2) is 8.86. The Morgan fingerprint density at radius 2 is 1.50 bits per heavy atom. The first-order chi connectivity index (χ1) is 12.8. The molecule has 3 aromatic carbocycles. The Bertz CT molecular complexity index is 831. The highest BCUT2D eigenvalue weighted by molar-refractivity contribution is 5.94. The molecular weight excluding hydrogens is 322 g/mol. The summed E-state index contributed by atoms with van der Waals surface area (Å²) in [5, 5.41) is 0. The molecule has 0 fully saturated rings. The number of para-hydroxylation sites is 1. The molecule has 1 amide bonds. The molecule has 0 unspecified atom stereocenters. The molecular formula is C23H23NO2. The molecule has 0 aromatic heterocycles. The number of amides is 1. The minimum Gasteiger partial charge on any atom is -0.497 e. The maximum Gasteiger partial charge on any atom is 0.231 e. The maximum absolute atomic E-state index is 13.0. The number of hydrogen-bond donors (Lipinski definition) is 0. The Balaban J connectivity index is 1.76. The van der Waals surface area contributed by atoms with Crippen LogP contribution in [0, 0.1) is 0 Å². The van der Waals surface area contributed by atoms with Crippen LogP contribution in [0.3, 0.4) is 0 Å². The molecule has 0 saturated heterocycles. The molecule has 0 heterocycles. The van der Waals surface area contributed by atoms with Gasteiger partial charge in [0.25, 0.3) is 0 Å². The van der Waals surface area contributed by atoms with Crippen molar-refractivity contribution in [2.24, 2.45) is 0 Å². The van der Waals surface area contributed by atoms with Gasteiger partial charge in [-0.1, -0.05) is 60.7 Å². The molecule has 0 radical (unpaired) electrons. The lowest BCUT2D eigenvalue weighted by Gasteiger charge is -2.23. The number of ether oxygens (including phenoxy) is 1. The third-order valence-corrected chi connectivity index (χ3v) is 4.33. The highest BCUT2D eigenvalue weighted by Crippen LogP contribution is 2.18. The Morgan fingerprint density at radius 1 is 0.846 bits per heavy atom. The monoisotopic (exact) mass is 345 g/mol. The van der Waals surface area contributed by atoms with Crippen molar-refractivity contribution in [1.29, 1.82) is 0 Å². The van der Waals surface area contributed by atoms with Crippen molar-refractivity contribution < 1.29 is 9.53 Å². The highest BCUT2D eigenvalue weighted by atomic mass is 16.5. The van der Waals surface area contributed by atoms with Crippen LogP contribution >= 0.6 is 0 Å². The Morgan fingerprint density at radius 3 is 2.19 bits per heavy atom. The third kappa shape index (κ3) is 4.73. The molecule has 132 valence electrons. The summed E-state index contributed by atoms with van der Waals surface area (Å²) in [6.07, 6.45) is 1.17. The maximum atomic E-state index is 13.0. The van der Waals surface area contributed by atoms with Crippen molar-refractivity contribution in [3.63, 3.8) is 0 Å². The van der Waals surface area contributed by atoms with Gasteiger partial charge in [0.05, 0.1) is 13.5 Å². The smallest absolute Gasteiger partial charge is 0.231 e. The molecule has 0 aliphatic rings. The summed E-state index contributed by atoms with van der Waals surface area (Å²) in [7, 11) is 1.67. The van der Waals surface area contributed by atoms with E-state index >= 15 is 0 Å². The lowest BCUT2D eigenvalue weighted by molar-refractivity contribution is -0.118. The van der Waals surface area contributed by atoms with E-state index in [9.17, 15) is 4.79 Å². The van der Waals surface area contributed by atoms with E-state index in [1.54, 1.807) is 7.11 Å². The number of nitrogens with zero attached hydrogens (tertiary/aromatic N) is 1. The van der Waals surface area contributed by atoms with Gasteiger partial charge in [0.1, 0.15) is 5.75 Å². The van der Waals surface area contributed by atoms with Gasteiger partial charge >= 0.3 is 0 Å². The van der Waals surface area contributed by atoms with Gasteiger partial charge in [0.2, 0.25) is 5.91 Å². The van der Waals surface area contributed by atoms with Gasteiger partial charge in [-0.3, -0.25) is 4.79 Å². The van der Waals surface area contributed by atoms with E-state index in [1.807, 2.05) is 83.8 Å². The molecule has 3 rings (SSSR count). The molecule has 3 nitrogen and oxygen atoms in total. The zero-order chi connectivity index (χ0) is 18.2. The zero-order valence-electron chi connectivity index (χ0n) is 15.0. The number of rotatable bonds is 7. The number of carbonyl (C=O) groups excluding carboxylic acids is 1. The van der Waals surface area contributed by atoms with Crippen molar-refractivity contribution in [3.05, 3.63) is 96.1 Å². The topological polar surface area (TPSA) is 29.5 Å². The number of hydrogen-bond acceptors (Lipinski definition) is 2. The molecule has 0 aliphatic heterocycles. The van der Waals surface area contributed by atoms with E-state index in [1.165, 1.54) is 0 Å². The summed E-state index contributed by atoms with van der Waals surface area (Å²) in [5.41, 5.74) is 3.11. The fourth-order valence-electron chi connectivity index (χ4n) is 2.94. The molecule has 0 spiro atoms. The van der Waals surface area contributed by atoms with E-state index in [-0.39, 0.29) is 5.91 Å². The predicted octanol–water partition coefficient (Wildman–Crippen LogP) is 4.51. The first kappa shape index (κ1) is 17.7. The lowest BCUT2D eigenvalue weighted by atomic mass is 10.1. The molecule has 0 aliphatic carbocycles. The van der Waals surface area contributed by atoms with Crippen LogP contribution in [-0.2, 0) is 17.6 Å². The fourth-order valence-corrected chi connectivity index (χ4v) is 2.94. The second-order valence-electron chi connectivity index (χ2n) is 6.14. The second-order valence-corrected chi connectivity index (χ2v) is 6.14. The molecule has 26 heavy (non-hydrogen) atoms. The SMILES string of the molecule is COc1cccc(CCN(C(=O)Cc2ccccc2)c2ccccc2)c1. The van der Waals surface area contributed by atoms with Gasteiger partial charge in [-0.05, 0) is 41.8 Å². The predicted molar refractivity (Wildman–Crippen MR) is 106 cm³/mol. The van der Waals surface area contributed by atoms with Crippen molar-refractivity contribution >= 4 is 11.6 Å². The summed E-state index contributed by atoms with van der Waals surface area (Å²) in [4.78, 5) is 14.8. The van der Waals surface area contributed by atoms with Crippen LogP contribution in [0.5, 0.6) is 5.75 Å². The number of benzene rings is 3. The minimum absolute atomic E-state index is 0.102. The molecule has 3 aromatic rings. The van der Waals surface area contributed by atoms with Crippen LogP contribution in [0.1, 0.15) is 11.1 Å². The van der Waals surface area contributed by atoms with E-state index in [0.29, 0.717) is 13.0 Å². The first-order valence-corrected chi connectivity index (χ1v) is 8.78. The van der Waals surface area contributed by atoms with Crippen LogP contribution < -0.4 is 9.64 Å². The van der Waals surface area contributed by atoms with E-state index in [2.05, 4.69) is 6.07 Å². The van der Waals surface area contributed by atoms with Crippen molar-refractivity contribution in [3.8, 4) is 5.75 Å². The van der Waals surface area contributed by atoms with Gasteiger partial charge in [-0.15, -0.1) is 0 Å². The number of anilines is 1. The zero-order valence-corrected chi connectivity index (χ0v) is 15.0. The molecule has 0 atom stereocenters. The number of carbonyl (C=O) groups is 1. The van der Waals surface area contributed by atoms with Crippen LogP contribution in [-0.4, -0.2) is 19.6 Å². The molecule has 0 saturated carbocycles. The normalized spacial score (nSPS) is 10.3. The lowest BCUT2D eigenvalue weighted by Crippen LogP contribution is -2.34. The minimum atomic E-state index is 0.102. The van der Waals surface area contributed by atoms with Crippen LogP contribution in [0.4, 0.5) is 5.69 Å². The average Bonchev–Trinajstić information content (AvgIpc) is 2.70. The molecule has 0 N–H and O–H groups in total. The summed E-state index contributed by atoms with van der Waals surface area (Å²) in [5.74, 6) is 0.940.